The molecular formula is C15H23ClN2. The first-order chi connectivity index (χ1) is 8.63. The second-order valence-corrected chi connectivity index (χ2v) is 5.75. The van der Waals surface area contributed by atoms with Gasteiger partial charge in [0.1, 0.15) is 0 Å². The molecule has 1 saturated heterocycles. The summed E-state index contributed by atoms with van der Waals surface area (Å²) in [7, 11) is 2.07. The van der Waals surface area contributed by atoms with Crippen LogP contribution in [-0.4, -0.2) is 30.6 Å². The third kappa shape index (κ3) is 2.87. The molecule has 1 heterocycles. The first-order valence-corrected chi connectivity index (χ1v) is 7.16. The number of hydrogen-bond acceptors (Lipinski definition) is 2. The van der Waals surface area contributed by atoms with Crippen LogP contribution in [0.1, 0.15) is 25.8 Å². The maximum Gasteiger partial charge on any atom is 0.0451 e. The number of piperidine rings is 1. The fourth-order valence-electron chi connectivity index (χ4n) is 2.92. The Morgan fingerprint density at radius 2 is 2.06 bits per heavy atom. The van der Waals surface area contributed by atoms with Crippen LogP contribution in [-0.2, 0) is 6.54 Å². The van der Waals surface area contributed by atoms with Gasteiger partial charge in [0, 0.05) is 30.2 Å². The second-order valence-electron chi connectivity index (χ2n) is 5.35. The topological polar surface area (TPSA) is 15.3 Å². The fourth-order valence-corrected chi connectivity index (χ4v) is 3.11. The summed E-state index contributed by atoms with van der Waals surface area (Å²) in [4.78, 5) is 2.54. The molecule has 1 aromatic carbocycles. The van der Waals surface area contributed by atoms with Crippen molar-refractivity contribution in [1.29, 1.82) is 0 Å². The van der Waals surface area contributed by atoms with Gasteiger partial charge in [-0.3, -0.25) is 4.90 Å². The zero-order valence-corrected chi connectivity index (χ0v) is 12.2. The van der Waals surface area contributed by atoms with E-state index in [1.54, 1.807) is 0 Å². The summed E-state index contributed by atoms with van der Waals surface area (Å²) in [6, 6.07) is 9.39. The Morgan fingerprint density at radius 1 is 1.33 bits per heavy atom. The number of rotatable bonds is 3. The van der Waals surface area contributed by atoms with E-state index in [-0.39, 0.29) is 0 Å². The second kappa shape index (κ2) is 6.05. The molecule has 0 saturated carbocycles. The summed E-state index contributed by atoms with van der Waals surface area (Å²) in [6.07, 6.45) is 1.21. The molecule has 0 aromatic heterocycles. The molecule has 1 aromatic rings. The van der Waals surface area contributed by atoms with Gasteiger partial charge in [0.05, 0.1) is 0 Å². The summed E-state index contributed by atoms with van der Waals surface area (Å²) in [6.45, 7) is 6.76. The molecule has 100 valence electrons. The first-order valence-electron chi connectivity index (χ1n) is 6.78. The minimum absolute atomic E-state index is 0.590. The normalized spacial score (nSPS) is 29.4. The van der Waals surface area contributed by atoms with Crippen LogP contribution in [0.3, 0.4) is 0 Å². The van der Waals surface area contributed by atoms with Crippen molar-refractivity contribution < 1.29 is 0 Å². The molecule has 0 amide bonds. The molecule has 18 heavy (non-hydrogen) atoms. The lowest BCUT2D eigenvalue weighted by Crippen LogP contribution is -2.52. The standard InChI is InChI=1S/C15H23ClN2/c1-11-12(2)18(9-8-15(11)17-3)10-13-6-4-5-7-14(13)16/h4-7,11-12,15,17H,8-10H2,1-3H3. The van der Waals surface area contributed by atoms with Crippen LogP contribution >= 0.6 is 11.6 Å². The van der Waals surface area contributed by atoms with Crippen LogP contribution in [0.15, 0.2) is 24.3 Å². The van der Waals surface area contributed by atoms with Crippen molar-refractivity contribution in [2.45, 2.75) is 38.9 Å². The van der Waals surface area contributed by atoms with Gasteiger partial charge >= 0.3 is 0 Å². The Bertz CT molecular complexity index is 394. The lowest BCUT2D eigenvalue weighted by Gasteiger charge is -2.42. The zero-order valence-electron chi connectivity index (χ0n) is 11.5. The van der Waals surface area contributed by atoms with Gasteiger partial charge in [0.15, 0.2) is 0 Å². The largest absolute Gasteiger partial charge is 0.317 e. The van der Waals surface area contributed by atoms with E-state index in [4.69, 9.17) is 11.6 Å². The van der Waals surface area contributed by atoms with Crippen LogP contribution in [0.25, 0.3) is 0 Å². The third-order valence-corrected chi connectivity index (χ3v) is 4.77. The van der Waals surface area contributed by atoms with E-state index >= 15 is 0 Å². The third-order valence-electron chi connectivity index (χ3n) is 4.40. The molecule has 1 aliphatic heterocycles. The Morgan fingerprint density at radius 3 is 2.72 bits per heavy atom. The Kier molecular flexibility index (Phi) is 4.66. The van der Waals surface area contributed by atoms with Crippen LogP contribution in [0, 0.1) is 5.92 Å². The summed E-state index contributed by atoms with van der Waals surface area (Å²) >= 11 is 6.24. The Hall–Kier alpha value is -0.570. The Labute approximate surface area is 115 Å². The predicted molar refractivity (Wildman–Crippen MR) is 78.0 cm³/mol. The average molecular weight is 267 g/mol. The van der Waals surface area contributed by atoms with Crippen molar-refractivity contribution >= 4 is 11.6 Å². The van der Waals surface area contributed by atoms with Crippen molar-refractivity contribution in [3.63, 3.8) is 0 Å². The fraction of sp³-hybridized carbons (Fsp3) is 0.600. The quantitative estimate of drug-likeness (QED) is 0.904. The highest BCUT2D eigenvalue weighted by Crippen LogP contribution is 2.26. The van der Waals surface area contributed by atoms with E-state index in [0.29, 0.717) is 18.0 Å². The monoisotopic (exact) mass is 266 g/mol. The van der Waals surface area contributed by atoms with Gasteiger partial charge in [-0.1, -0.05) is 36.7 Å². The van der Waals surface area contributed by atoms with Gasteiger partial charge < -0.3 is 5.32 Å². The number of hydrogen-bond donors (Lipinski definition) is 1. The van der Waals surface area contributed by atoms with Gasteiger partial charge in [0.25, 0.3) is 0 Å². The van der Waals surface area contributed by atoms with Gasteiger partial charge in [-0.15, -0.1) is 0 Å². The lowest BCUT2D eigenvalue weighted by molar-refractivity contribution is 0.0811. The van der Waals surface area contributed by atoms with Crippen molar-refractivity contribution in [3.05, 3.63) is 34.9 Å². The molecule has 2 rings (SSSR count). The minimum atomic E-state index is 0.590. The van der Waals surface area contributed by atoms with E-state index in [1.165, 1.54) is 12.0 Å². The highest BCUT2D eigenvalue weighted by Gasteiger charge is 2.31. The first kappa shape index (κ1) is 13.9. The van der Waals surface area contributed by atoms with Crippen molar-refractivity contribution in [2.24, 2.45) is 5.92 Å². The van der Waals surface area contributed by atoms with E-state index < -0.39 is 0 Å². The van der Waals surface area contributed by atoms with Crippen molar-refractivity contribution in [2.75, 3.05) is 13.6 Å². The van der Waals surface area contributed by atoms with Crippen LogP contribution in [0.4, 0.5) is 0 Å². The highest BCUT2D eigenvalue weighted by atomic mass is 35.5. The van der Waals surface area contributed by atoms with Crippen molar-refractivity contribution in [3.8, 4) is 0 Å². The molecule has 1 fully saturated rings. The van der Waals surface area contributed by atoms with Crippen LogP contribution in [0.2, 0.25) is 5.02 Å². The summed E-state index contributed by atoms with van der Waals surface area (Å²) < 4.78 is 0. The van der Waals surface area contributed by atoms with Crippen LogP contribution in [0.5, 0.6) is 0 Å². The SMILES string of the molecule is CNC1CCN(Cc2ccccc2Cl)C(C)C1C. The van der Waals surface area contributed by atoms with E-state index in [9.17, 15) is 0 Å². The number of halogens is 1. The lowest BCUT2D eigenvalue weighted by atomic mass is 9.87. The number of nitrogens with one attached hydrogen (secondary N) is 1. The maximum atomic E-state index is 6.24. The molecule has 2 nitrogen and oxygen atoms in total. The predicted octanol–water partition coefficient (Wildman–Crippen LogP) is 3.16. The number of likely N-dealkylation sites (tertiary alicyclic amines) is 1. The van der Waals surface area contributed by atoms with Crippen LogP contribution < -0.4 is 5.32 Å². The molecule has 0 aliphatic carbocycles. The molecule has 1 aliphatic rings. The highest BCUT2D eigenvalue weighted by molar-refractivity contribution is 6.31. The number of benzene rings is 1. The molecule has 0 radical (unpaired) electrons. The Balaban J connectivity index is 2.05. The van der Waals surface area contributed by atoms with E-state index in [2.05, 4.69) is 43.2 Å². The molecule has 0 spiro atoms. The number of nitrogens with zero attached hydrogens (tertiary/aromatic N) is 1. The maximum absolute atomic E-state index is 6.24. The minimum Gasteiger partial charge on any atom is -0.317 e. The summed E-state index contributed by atoms with van der Waals surface area (Å²) in [5, 5.41) is 4.31. The summed E-state index contributed by atoms with van der Waals surface area (Å²) in [5.41, 5.74) is 1.24. The van der Waals surface area contributed by atoms with Crippen molar-refractivity contribution in [1.82, 2.24) is 10.2 Å². The summed E-state index contributed by atoms with van der Waals surface area (Å²) in [5.74, 6) is 0.672. The average Bonchev–Trinajstić information content (AvgIpc) is 2.38. The van der Waals surface area contributed by atoms with Gasteiger partial charge in [0.2, 0.25) is 0 Å². The molecule has 0 bridgehead atoms. The van der Waals surface area contributed by atoms with Gasteiger partial charge in [-0.25, -0.2) is 0 Å². The van der Waals surface area contributed by atoms with Gasteiger partial charge in [-0.2, -0.15) is 0 Å². The molecule has 3 heteroatoms. The molecule has 3 atom stereocenters. The van der Waals surface area contributed by atoms with Gasteiger partial charge in [-0.05, 0) is 37.9 Å². The van der Waals surface area contributed by atoms with E-state index in [0.717, 1.165) is 18.1 Å². The molecule has 3 unspecified atom stereocenters. The zero-order chi connectivity index (χ0) is 13.1. The van der Waals surface area contributed by atoms with E-state index in [1.807, 2.05) is 12.1 Å². The smallest absolute Gasteiger partial charge is 0.0451 e. The molecular weight excluding hydrogens is 244 g/mol. The molecule has 1 N–H and O–H groups in total.